The maximum absolute atomic E-state index is 13.5. The molecular formula is C30H35N3O3S. The molecule has 194 valence electrons. The second-order valence-corrected chi connectivity index (χ2v) is 10.9. The average molecular weight is 518 g/mol. The first-order valence-corrected chi connectivity index (χ1v) is 14.0. The van der Waals surface area contributed by atoms with Crippen molar-refractivity contribution < 1.29 is 14.3 Å². The molecule has 0 aliphatic carbocycles. The van der Waals surface area contributed by atoms with Gasteiger partial charge in [0, 0.05) is 42.7 Å². The van der Waals surface area contributed by atoms with Gasteiger partial charge in [0.25, 0.3) is 5.91 Å². The number of fused-ring (bicyclic) bond motifs is 1. The fraction of sp³-hybridized carbons (Fsp3) is 0.400. The number of carbonyl (C=O) groups excluding carboxylic acids is 2. The summed E-state index contributed by atoms with van der Waals surface area (Å²) in [6.45, 7) is 7.03. The van der Waals surface area contributed by atoms with Gasteiger partial charge < -0.3 is 14.5 Å². The average Bonchev–Trinajstić information content (AvgIpc) is 3.41. The highest BCUT2D eigenvalue weighted by Crippen LogP contribution is 2.38. The summed E-state index contributed by atoms with van der Waals surface area (Å²) in [4.78, 5) is 34.2. The molecule has 0 bridgehead atoms. The van der Waals surface area contributed by atoms with Crippen LogP contribution in [0.2, 0.25) is 0 Å². The normalized spacial score (nSPS) is 20.0. The standard InChI is InChI=1S/C30H35N3O3S/c1-4-22-5-7-24(8-6-22)30(35)33-17-16-31(19-21(33)2)28(34)20-32-15-13-27-26(14-18-37-27)29(32)23-9-11-25(36-3)12-10-23/h5-12,14,18,21,29H,4,13,15-17,19-20H2,1-3H3/t21-,29+/m1/s1. The summed E-state index contributed by atoms with van der Waals surface area (Å²) in [6.07, 6.45) is 1.91. The van der Waals surface area contributed by atoms with Crippen molar-refractivity contribution in [3.8, 4) is 5.75 Å². The van der Waals surface area contributed by atoms with E-state index in [1.807, 2.05) is 53.1 Å². The van der Waals surface area contributed by atoms with E-state index in [9.17, 15) is 9.59 Å². The number of hydrogen-bond acceptors (Lipinski definition) is 5. The number of benzene rings is 2. The summed E-state index contributed by atoms with van der Waals surface area (Å²) in [5, 5.41) is 2.15. The molecular weight excluding hydrogens is 482 g/mol. The number of ether oxygens (including phenoxy) is 1. The highest BCUT2D eigenvalue weighted by molar-refractivity contribution is 7.10. The predicted molar refractivity (Wildman–Crippen MR) is 147 cm³/mol. The van der Waals surface area contributed by atoms with Gasteiger partial charge in [0.1, 0.15) is 5.75 Å². The van der Waals surface area contributed by atoms with Gasteiger partial charge in [0.2, 0.25) is 5.91 Å². The second kappa shape index (κ2) is 11.1. The van der Waals surface area contributed by atoms with E-state index in [1.165, 1.54) is 21.6 Å². The number of methoxy groups -OCH3 is 1. The fourth-order valence-corrected chi connectivity index (χ4v) is 6.43. The van der Waals surface area contributed by atoms with Gasteiger partial charge in [0.15, 0.2) is 0 Å². The van der Waals surface area contributed by atoms with Gasteiger partial charge in [-0.2, -0.15) is 0 Å². The molecule has 0 spiro atoms. The third kappa shape index (κ3) is 5.29. The molecule has 5 rings (SSSR count). The largest absolute Gasteiger partial charge is 0.497 e. The molecule has 0 N–H and O–H groups in total. The van der Waals surface area contributed by atoms with Crippen LogP contribution in [0.4, 0.5) is 0 Å². The first kappa shape index (κ1) is 25.5. The molecule has 1 fully saturated rings. The number of thiophene rings is 1. The van der Waals surface area contributed by atoms with Gasteiger partial charge in [-0.05, 0) is 72.2 Å². The molecule has 2 aliphatic heterocycles. The Bertz CT molecular complexity index is 1240. The molecule has 37 heavy (non-hydrogen) atoms. The summed E-state index contributed by atoms with van der Waals surface area (Å²) in [6, 6.07) is 18.3. The Morgan fingerprint density at radius 2 is 1.76 bits per heavy atom. The number of carbonyl (C=O) groups is 2. The fourth-order valence-electron chi connectivity index (χ4n) is 5.52. The van der Waals surface area contributed by atoms with Crippen LogP contribution in [0.15, 0.2) is 60.0 Å². The van der Waals surface area contributed by atoms with E-state index in [2.05, 4.69) is 35.4 Å². The third-order valence-corrected chi connectivity index (χ3v) is 8.68. The van der Waals surface area contributed by atoms with Gasteiger partial charge in [-0.1, -0.05) is 31.2 Å². The Balaban J connectivity index is 1.26. The molecule has 0 saturated carbocycles. The second-order valence-electron chi connectivity index (χ2n) is 9.93. The lowest BCUT2D eigenvalue weighted by atomic mass is 9.93. The molecule has 1 saturated heterocycles. The summed E-state index contributed by atoms with van der Waals surface area (Å²) in [7, 11) is 1.67. The smallest absolute Gasteiger partial charge is 0.254 e. The molecule has 6 nitrogen and oxygen atoms in total. The van der Waals surface area contributed by atoms with Crippen LogP contribution in [-0.4, -0.2) is 72.4 Å². The van der Waals surface area contributed by atoms with Crippen molar-refractivity contribution in [2.24, 2.45) is 0 Å². The van der Waals surface area contributed by atoms with E-state index >= 15 is 0 Å². The lowest BCUT2D eigenvalue weighted by molar-refractivity contribution is -0.135. The van der Waals surface area contributed by atoms with Crippen LogP contribution in [-0.2, 0) is 17.6 Å². The Morgan fingerprint density at radius 3 is 2.43 bits per heavy atom. The van der Waals surface area contributed by atoms with E-state index in [4.69, 9.17) is 4.74 Å². The van der Waals surface area contributed by atoms with Crippen LogP contribution in [0.3, 0.4) is 0 Å². The van der Waals surface area contributed by atoms with Crippen molar-refractivity contribution in [2.45, 2.75) is 38.8 Å². The molecule has 0 unspecified atom stereocenters. The van der Waals surface area contributed by atoms with Crippen molar-refractivity contribution in [3.05, 3.63) is 87.1 Å². The summed E-state index contributed by atoms with van der Waals surface area (Å²) in [5.41, 5.74) is 4.41. The molecule has 3 heterocycles. The molecule has 0 radical (unpaired) electrons. The first-order valence-electron chi connectivity index (χ1n) is 13.1. The minimum atomic E-state index is -0.0294. The van der Waals surface area contributed by atoms with Crippen molar-refractivity contribution >= 4 is 23.2 Å². The lowest BCUT2D eigenvalue weighted by Gasteiger charge is -2.42. The SMILES string of the molecule is CCc1ccc(C(=O)N2CCN(C(=O)CN3CCc4sccc4[C@@H]3c3ccc(OC)cc3)C[C@H]2C)cc1. The number of nitrogens with zero attached hydrogens (tertiary/aromatic N) is 3. The highest BCUT2D eigenvalue weighted by atomic mass is 32.1. The van der Waals surface area contributed by atoms with Gasteiger partial charge in [0.05, 0.1) is 19.7 Å². The predicted octanol–water partition coefficient (Wildman–Crippen LogP) is 4.64. The molecule has 3 aromatic rings. The molecule has 7 heteroatoms. The number of amides is 2. The van der Waals surface area contributed by atoms with E-state index < -0.39 is 0 Å². The van der Waals surface area contributed by atoms with Crippen LogP contribution in [0.1, 0.15) is 51.8 Å². The quantitative estimate of drug-likeness (QED) is 0.478. The van der Waals surface area contributed by atoms with Crippen molar-refractivity contribution in [1.29, 1.82) is 0 Å². The summed E-state index contributed by atoms with van der Waals surface area (Å²) in [5.74, 6) is 1.00. The highest BCUT2D eigenvalue weighted by Gasteiger charge is 2.34. The Hall–Kier alpha value is -3.16. The topological polar surface area (TPSA) is 53.1 Å². The number of hydrogen-bond donors (Lipinski definition) is 0. The van der Waals surface area contributed by atoms with Crippen LogP contribution in [0.5, 0.6) is 5.75 Å². The van der Waals surface area contributed by atoms with E-state index in [1.54, 1.807) is 18.4 Å². The Kier molecular flexibility index (Phi) is 7.63. The maximum Gasteiger partial charge on any atom is 0.254 e. The molecule has 1 aromatic heterocycles. The third-order valence-electron chi connectivity index (χ3n) is 7.69. The number of aryl methyl sites for hydroxylation is 1. The zero-order valence-corrected chi connectivity index (χ0v) is 22.7. The lowest BCUT2D eigenvalue weighted by Crippen LogP contribution is -2.57. The monoisotopic (exact) mass is 517 g/mol. The minimum Gasteiger partial charge on any atom is -0.497 e. The maximum atomic E-state index is 13.5. The Morgan fingerprint density at radius 1 is 1.00 bits per heavy atom. The Labute approximate surface area is 223 Å². The first-order chi connectivity index (χ1) is 18.0. The van der Waals surface area contributed by atoms with Crippen LogP contribution >= 0.6 is 11.3 Å². The van der Waals surface area contributed by atoms with Crippen LogP contribution < -0.4 is 4.74 Å². The summed E-state index contributed by atoms with van der Waals surface area (Å²) >= 11 is 1.80. The minimum absolute atomic E-state index is 0.0294. The van der Waals surface area contributed by atoms with E-state index in [0.29, 0.717) is 31.7 Å². The van der Waals surface area contributed by atoms with Crippen molar-refractivity contribution in [1.82, 2.24) is 14.7 Å². The van der Waals surface area contributed by atoms with Gasteiger partial charge in [-0.3, -0.25) is 14.5 Å². The zero-order valence-electron chi connectivity index (χ0n) is 21.9. The van der Waals surface area contributed by atoms with E-state index in [-0.39, 0.29) is 23.9 Å². The number of piperazine rings is 1. The molecule has 2 aliphatic rings. The van der Waals surface area contributed by atoms with Crippen molar-refractivity contribution in [2.75, 3.05) is 39.8 Å². The van der Waals surface area contributed by atoms with E-state index in [0.717, 1.165) is 25.1 Å². The zero-order chi connectivity index (χ0) is 25.9. The number of rotatable bonds is 6. The van der Waals surface area contributed by atoms with Crippen molar-refractivity contribution in [3.63, 3.8) is 0 Å². The summed E-state index contributed by atoms with van der Waals surface area (Å²) < 4.78 is 5.36. The molecule has 2 atom stereocenters. The van der Waals surface area contributed by atoms with Crippen LogP contribution in [0, 0.1) is 0 Å². The van der Waals surface area contributed by atoms with Crippen LogP contribution in [0.25, 0.3) is 0 Å². The molecule has 2 amide bonds. The van der Waals surface area contributed by atoms with Gasteiger partial charge in [-0.15, -0.1) is 11.3 Å². The van der Waals surface area contributed by atoms with Gasteiger partial charge in [-0.25, -0.2) is 0 Å². The molecule has 2 aromatic carbocycles. The van der Waals surface area contributed by atoms with Gasteiger partial charge >= 0.3 is 0 Å².